The Bertz CT molecular complexity index is 1390. The number of rotatable bonds is 7. The van der Waals surface area contributed by atoms with E-state index in [4.69, 9.17) is 4.74 Å². The van der Waals surface area contributed by atoms with Crippen LogP contribution in [0.3, 0.4) is 0 Å². The van der Waals surface area contributed by atoms with Crippen molar-refractivity contribution in [2.75, 3.05) is 13.2 Å². The first-order chi connectivity index (χ1) is 17.4. The van der Waals surface area contributed by atoms with Crippen molar-refractivity contribution >= 4 is 16.1 Å². The van der Waals surface area contributed by atoms with Crippen LogP contribution in [0.1, 0.15) is 41.9 Å². The van der Waals surface area contributed by atoms with E-state index in [-0.39, 0.29) is 24.0 Å². The minimum Gasteiger partial charge on any atom is -0.448 e. The lowest BCUT2D eigenvalue weighted by Gasteiger charge is -2.24. The lowest BCUT2D eigenvalue weighted by Crippen LogP contribution is -2.38. The van der Waals surface area contributed by atoms with Gasteiger partial charge < -0.3 is 4.74 Å². The van der Waals surface area contributed by atoms with Crippen molar-refractivity contribution in [3.05, 3.63) is 113 Å². The van der Waals surface area contributed by atoms with E-state index in [1.54, 1.807) is 12.1 Å². The molecule has 0 bridgehead atoms. The summed E-state index contributed by atoms with van der Waals surface area (Å²) in [6.45, 7) is 1.97. The zero-order valence-corrected chi connectivity index (χ0v) is 21.1. The van der Waals surface area contributed by atoms with Crippen molar-refractivity contribution in [3.8, 4) is 11.1 Å². The van der Waals surface area contributed by atoms with Gasteiger partial charge in [0.25, 0.3) is 10.0 Å². The van der Waals surface area contributed by atoms with Gasteiger partial charge in [-0.2, -0.15) is 0 Å². The summed E-state index contributed by atoms with van der Waals surface area (Å²) in [4.78, 5) is 13.4. The third-order valence-electron chi connectivity index (χ3n) is 6.82. The molecule has 0 saturated carbocycles. The Morgan fingerprint density at radius 2 is 1.56 bits per heavy atom. The van der Waals surface area contributed by atoms with Gasteiger partial charge in [-0.1, -0.05) is 90.0 Å². The molecule has 0 saturated heterocycles. The van der Waals surface area contributed by atoms with Crippen LogP contribution in [0, 0.1) is 6.92 Å². The number of fused-ring (bicyclic) bond motifs is 3. The van der Waals surface area contributed by atoms with Gasteiger partial charge in [0, 0.05) is 12.5 Å². The summed E-state index contributed by atoms with van der Waals surface area (Å²) in [5.74, 6) is -0.144. The number of carbonyl (C=O) groups is 1. The zero-order valence-electron chi connectivity index (χ0n) is 20.3. The molecule has 1 amide bonds. The maximum Gasteiger partial charge on any atom is 0.423 e. The number of ether oxygens (including phenoxy) is 1. The summed E-state index contributed by atoms with van der Waals surface area (Å²) in [5, 5.41) is 0. The highest BCUT2D eigenvalue weighted by molar-refractivity contribution is 7.89. The highest BCUT2D eigenvalue weighted by atomic mass is 32.2. The Labute approximate surface area is 212 Å². The van der Waals surface area contributed by atoms with E-state index in [0.717, 1.165) is 50.5 Å². The molecule has 0 unspecified atom stereocenters. The fourth-order valence-electron chi connectivity index (χ4n) is 4.90. The Morgan fingerprint density at radius 1 is 0.917 bits per heavy atom. The van der Waals surface area contributed by atoms with Crippen molar-refractivity contribution in [1.82, 2.24) is 4.31 Å². The Balaban J connectivity index is 1.39. The van der Waals surface area contributed by atoms with Gasteiger partial charge in [-0.05, 0) is 60.6 Å². The molecule has 5 rings (SSSR count). The smallest absolute Gasteiger partial charge is 0.423 e. The van der Waals surface area contributed by atoms with Crippen LogP contribution in [0.2, 0.25) is 0 Å². The van der Waals surface area contributed by atoms with Crippen molar-refractivity contribution in [1.29, 1.82) is 0 Å². The van der Waals surface area contributed by atoms with Crippen LogP contribution >= 0.6 is 0 Å². The molecule has 6 heteroatoms. The second kappa shape index (κ2) is 10.2. The quantitative estimate of drug-likeness (QED) is 0.367. The molecule has 2 aliphatic carbocycles. The third kappa shape index (κ3) is 4.73. The Hall–Kier alpha value is -3.64. The predicted molar refractivity (Wildman–Crippen MR) is 141 cm³/mol. The normalized spacial score (nSPS) is 14.6. The van der Waals surface area contributed by atoms with Crippen LogP contribution in [0.15, 0.2) is 101 Å². The van der Waals surface area contributed by atoms with Gasteiger partial charge in [0.2, 0.25) is 0 Å². The number of hydrogen-bond donors (Lipinski definition) is 0. The molecule has 184 valence electrons. The molecule has 0 atom stereocenters. The minimum absolute atomic E-state index is 0.0169. The first-order valence-electron chi connectivity index (χ1n) is 12.2. The molecule has 0 spiro atoms. The highest BCUT2D eigenvalue weighted by Gasteiger charge is 2.33. The average Bonchev–Trinajstić information content (AvgIpc) is 3.22. The van der Waals surface area contributed by atoms with Gasteiger partial charge in [0.1, 0.15) is 6.61 Å². The summed E-state index contributed by atoms with van der Waals surface area (Å²) >= 11 is 0. The van der Waals surface area contributed by atoms with Crippen molar-refractivity contribution in [3.63, 3.8) is 0 Å². The van der Waals surface area contributed by atoms with E-state index in [1.807, 2.05) is 49.4 Å². The average molecular weight is 500 g/mol. The van der Waals surface area contributed by atoms with Crippen LogP contribution in [0.25, 0.3) is 11.1 Å². The fraction of sp³-hybridized carbons (Fsp3) is 0.233. The zero-order chi connectivity index (χ0) is 25.1. The second-order valence-corrected chi connectivity index (χ2v) is 11.1. The van der Waals surface area contributed by atoms with E-state index >= 15 is 0 Å². The number of allylic oxidation sites excluding steroid dienone is 3. The van der Waals surface area contributed by atoms with Crippen molar-refractivity contribution in [2.45, 2.75) is 37.0 Å². The Morgan fingerprint density at radius 3 is 2.17 bits per heavy atom. The molecule has 0 heterocycles. The number of benzene rings is 3. The Kier molecular flexibility index (Phi) is 6.79. The van der Waals surface area contributed by atoms with Crippen LogP contribution in [0.4, 0.5) is 4.79 Å². The number of sulfonamides is 1. The summed E-state index contributed by atoms with van der Waals surface area (Å²) in [7, 11) is -4.08. The van der Waals surface area contributed by atoms with Gasteiger partial charge >= 0.3 is 6.09 Å². The maximum absolute atomic E-state index is 13.5. The van der Waals surface area contributed by atoms with Gasteiger partial charge in [-0.25, -0.2) is 17.5 Å². The molecule has 2 aliphatic rings. The molecule has 3 aromatic rings. The molecular formula is C30H29NO4S. The number of hydrogen-bond acceptors (Lipinski definition) is 4. The van der Waals surface area contributed by atoms with E-state index in [9.17, 15) is 13.2 Å². The lowest BCUT2D eigenvalue weighted by atomic mass is 9.98. The van der Waals surface area contributed by atoms with E-state index < -0.39 is 16.1 Å². The van der Waals surface area contributed by atoms with Crippen LogP contribution in [0.5, 0.6) is 0 Å². The van der Waals surface area contributed by atoms with Gasteiger partial charge in [-0.3, -0.25) is 0 Å². The van der Waals surface area contributed by atoms with Crippen molar-refractivity contribution < 1.29 is 17.9 Å². The number of nitrogens with zero attached hydrogens (tertiary/aromatic N) is 1. The van der Waals surface area contributed by atoms with Crippen LogP contribution in [-0.2, 0) is 14.8 Å². The van der Waals surface area contributed by atoms with Gasteiger partial charge in [0.05, 0.1) is 4.90 Å². The third-order valence-corrected chi connectivity index (χ3v) is 8.60. The maximum atomic E-state index is 13.5. The molecule has 0 aliphatic heterocycles. The van der Waals surface area contributed by atoms with E-state index in [0.29, 0.717) is 6.42 Å². The largest absolute Gasteiger partial charge is 0.448 e. The number of amides is 1. The molecule has 3 aromatic carbocycles. The SMILES string of the molecule is Cc1ccc(S(=O)(=O)N(CCC2=CCCC=C2)C(=O)OCC2c3ccccc3-c3ccccc32)cc1. The topological polar surface area (TPSA) is 63.7 Å². The number of carbonyl (C=O) groups excluding carboxylic acids is 1. The molecule has 0 aromatic heterocycles. The first-order valence-corrected chi connectivity index (χ1v) is 13.7. The standard InChI is InChI=1S/C30H29NO4S/c1-22-15-17-24(18-16-22)36(33,34)31(20-19-23-9-3-2-4-10-23)30(32)35-21-29-27-13-7-5-11-25(27)26-12-6-8-14-28(26)29/h3,5-18,29H,2,4,19-21H2,1H3. The van der Waals surface area contributed by atoms with Crippen LogP contribution < -0.4 is 0 Å². The van der Waals surface area contributed by atoms with E-state index in [2.05, 4.69) is 24.3 Å². The first kappa shape index (κ1) is 24.1. The molecule has 0 N–H and O–H groups in total. The van der Waals surface area contributed by atoms with Crippen LogP contribution in [-0.4, -0.2) is 32.0 Å². The summed E-state index contributed by atoms with van der Waals surface area (Å²) in [6, 6.07) is 22.7. The summed E-state index contributed by atoms with van der Waals surface area (Å²) < 4.78 is 33.7. The van der Waals surface area contributed by atoms with E-state index in [1.165, 1.54) is 12.1 Å². The molecular weight excluding hydrogens is 470 g/mol. The fourth-order valence-corrected chi connectivity index (χ4v) is 6.21. The summed E-state index contributed by atoms with van der Waals surface area (Å²) in [6.07, 6.45) is 7.64. The predicted octanol–water partition coefficient (Wildman–Crippen LogP) is 6.60. The molecule has 0 fully saturated rings. The van der Waals surface area contributed by atoms with Gasteiger partial charge in [0.15, 0.2) is 0 Å². The highest BCUT2D eigenvalue weighted by Crippen LogP contribution is 2.44. The monoisotopic (exact) mass is 499 g/mol. The lowest BCUT2D eigenvalue weighted by molar-refractivity contribution is 0.123. The molecule has 0 radical (unpaired) electrons. The molecule has 5 nitrogen and oxygen atoms in total. The molecule has 36 heavy (non-hydrogen) atoms. The number of aryl methyl sites for hydroxylation is 1. The van der Waals surface area contributed by atoms with Crippen molar-refractivity contribution in [2.24, 2.45) is 0 Å². The van der Waals surface area contributed by atoms with Gasteiger partial charge in [-0.15, -0.1) is 0 Å². The second-order valence-electron chi connectivity index (χ2n) is 9.20. The minimum atomic E-state index is -4.08. The summed E-state index contributed by atoms with van der Waals surface area (Å²) in [5.41, 5.74) is 6.37.